The lowest BCUT2D eigenvalue weighted by Crippen LogP contribution is -1.83. The van der Waals surface area contributed by atoms with E-state index in [2.05, 4.69) is 20.2 Å². The van der Waals surface area contributed by atoms with E-state index in [4.69, 9.17) is 9.47 Å². The van der Waals surface area contributed by atoms with Crippen LogP contribution >= 0.6 is 0 Å². The molecule has 0 fully saturated rings. The highest BCUT2D eigenvalue weighted by atomic mass is 16.5. The molecule has 0 aliphatic rings. The molecule has 2 N–H and O–H groups in total. The molecule has 0 amide bonds. The van der Waals surface area contributed by atoms with Crippen LogP contribution in [0.4, 0.5) is 0 Å². The largest absolute Gasteiger partial charge is 0.497 e. The van der Waals surface area contributed by atoms with Gasteiger partial charge in [-0.15, -0.1) is 0 Å². The van der Waals surface area contributed by atoms with Gasteiger partial charge in [0.1, 0.15) is 11.5 Å². The maximum absolute atomic E-state index is 5.28. The van der Waals surface area contributed by atoms with Crippen LogP contribution in [-0.4, -0.2) is 36.6 Å². The molecule has 4 aromatic rings. The molecule has 2 aromatic heterocycles. The van der Waals surface area contributed by atoms with E-state index in [1.807, 2.05) is 48.8 Å². The second-order valence-electron chi connectivity index (χ2n) is 5.80. The van der Waals surface area contributed by atoms with Crippen LogP contribution in [0.3, 0.4) is 0 Å². The predicted octanol–water partition coefficient (Wildman–Crippen LogP) is 4.12. The van der Waals surface area contributed by atoms with Gasteiger partial charge in [0.15, 0.2) is 0 Å². The van der Waals surface area contributed by atoms with Crippen LogP contribution in [0.2, 0.25) is 0 Å². The van der Waals surface area contributed by atoms with E-state index in [1.54, 1.807) is 26.6 Å². The first-order chi connectivity index (χ1) is 12.8. The Balaban J connectivity index is 1.59. The van der Waals surface area contributed by atoms with Crippen molar-refractivity contribution in [2.24, 2.45) is 10.2 Å². The molecule has 4 rings (SSSR count). The molecule has 0 aliphatic carbocycles. The highest BCUT2D eigenvalue weighted by molar-refractivity contribution is 6.01. The monoisotopic (exact) mass is 346 g/mol. The predicted molar refractivity (Wildman–Crippen MR) is 105 cm³/mol. The fraction of sp³-hybridized carbons (Fsp3) is 0.100. The van der Waals surface area contributed by atoms with Crippen molar-refractivity contribution in [1.29, 1.82) is 0 Å². The normalized spacial score (nSPS) is 11.9. The fourth-order valence-electron chi connectivity index (χ4n) is 2.90. The Bertz CT molecular complexity index is 1030. The molecule has 0 saturated heterocycles. The standard InChI is InChI=1S/C20H18N4O2/c1-25-15-3-5-19-17(7-15)13(9-21-19)11-23-24-12-14-10-22-20-6-4-16(26-2)8-18(14)20/h3-12,21-22H,1-2H3/b23-11+,24-12+. The van der Waals surface area contributed by atoms with Crippen molar-refractivity contribution < 1.29 is 9.47 Å². The Kier molecular flexibility index (Phi) is 4.15. The second kappa shape index (κ2) is 6.76. The van der Waals surface area contributed by atoms with Gasteiger partial charge in [-0.3, -0.25) is 0 Å². The lowest BCUT2D eigenvalue weighted by Gasteiger charge is -1.99. The Morgan fingerprint density at radius 1 is 0.731 bits per heavy atom. The van der Waals surface area contributed by atoms with E-state index >= 15 is 0 Å². The Morgan fingerprint density at radius 3 is 1.62 bits per heavy atom. The summed E-state index contributed by atoms with van der Waals surface area (Å²) in [7, 11) is 3.31. The molecular formula is C20H18N4O2. The second-order valence-corrected chi connectivity index (χ2v) is 5.80. The summed E-state index contributed by atoms with van der Waals surface area (Å²) in [6.45, 7) is 0. The van der Waals surface area contributed by atoms with Gasteiger partial charge in [-0.2, -0.15) is 10.2 Å². The minimum absolute atomic E-state index is 0.808. The quantitative estimate of drug-likeness (QED) is 0.421. The third-order valence-electron chi connectivity index (χ3n) is 4.30. The van der Waals surface area contributed by atoms with E-state index in [0.29, 0.717) is 0 Å². The zero-order valence-corrected chi connectivity index (χ0v) is 14.5. The summed E-state index contributed by atoms with van der Waals surface area (Å²) in [5.41, 5.74) is 3.97. The van der Waals surface area contributed by atoms with E-state index in [9.17, 15) is 0 Å². The topological polar surface area (TPSA) is 74.8 Å². The van der Waals surface area contributed by atoms with Crippen LogP contribution in [0.1, 0.15) is 11.1 Å². The van der Waals surface area contributed by atoms with Gasteiger partial charge < -0.3 is 19.4 Å². The Hall–Kier alpha value is -3.54. The van der Waals surface area contributed by atoms with Crippen LogP contribution in [0.5, 0.6) is 11.5 Å². The van der Waals surface area contributed by atoms with Crippen molar-refractivity contribution in [3.8, 4) is 11.5 Å². The molecule has 0 atom stereocenters. The molecule has 26 heavy (non-hydrogen) atoms. The van der Waals surface area contributed by atoms with Crippen molar-refractivity contribution in [3.05, 3.63) is 59.9 Å². The zero-order valence-electron chi connectivity index (χ0n) is 14.5. The van der Waals surface area contributed by atoms with Crippen molar-refractivity contribution in [2.75, 3.05) is 14.2 Å². The Morgan fingerprint density at radius 2 is 1.19 bits per heavy atom. The number of nitrogens with one attached hydrogen (secondary N) is 2. The highest BCUT2D eigenvalue weighted by Gasteiger charge is 2.04. The zero-order chi connectivity index (χ0) is 17.9. The van der Waals surface area contributed by atoms with E-state index < -0.39 is 0 Å². The number of hydrogen-bond donors (Lipinski definition) is 2. The van der Waals surface area contributed by atoms with Crippen molar-refractivity contribution >= 4 is 34.2 Å². The van der Waals surface area contributed by atoms with Gasteiger partial charge in [-0.1, -0.05) is 0 Å². The smallest absolute Gasteiger partial charge is 0.119 e. The maximum atomic E-state index is 5.28. The molecule has 2 aromatic carbocycles. The molecule has 130 valence electrons. The first-order valence-corrected chi connectivity index (χ1v) is 8.15. The molecule has 6 heteroatoms. The number of fused-ring (bicyclic) bond motifs is 2. The van der Waals surface area contributed by atoms with Crippen LogP contribution in [-0.2, 0) is 0 Å². The summed E-state index contributed by atoms with van der Waals surface area (Å²) in [6, 6.07) is 11.8. The van der Waals surface area contributed by atoms with Gasteiger partial charge >= 0.3 is 0 Å². The molecule has 0 unspecified atom stereocenters. The van der Waals surface area contributed by atoms with Crippen molar-refractivity contribution in [1.82, 2.24) is 9.97 Å². The van der Waals surface area contributed by atoms with Crippen molar-refractivity contribution in [3.63, 3.8) is 0 Å². The van der Waals surface area contributed by atoms with Crippen LogP contribution in [0.15, 0.2) is 59.0 Å². The molecule has 0 bridgehead atoms. The number of H-pyrrole nitrogens is 2. The third-order valence-corrected chi connectivity index (χ3v) is 4.30. The minimum atomic E-state index is 0.808. The summed E-state index contributed by atoms with van der Waals surface area (Å²) in [5.74, 6) is 1.62. The van der Waals surface area contributed by atoms with E-state index in [-0.39, 0.29) is 0 Å². The summed E-state index contributed by atoms with van der Waals surface area (Å²) >= 11 is 0. The first kappa shape index (κ1) is 16.0. The van der Waals surface area contributed by atoms with Crippen LogP contribution < -0.4 is 9.47 Å². The lowest BCUT2D eigenvalue weighted by molar-refractivity contribution is 0.415. The lowest BCUT2D eigenvalue weighted by atomic mass is 10.2. The number of benzene rings is 2. The van der Waals surface area contributed by atoms with Gasteiger partial charge in [0.2, 0.25) is 0 Å². The van der Waals surface area contributed by atoms with Gasteiger partial charge in [0.05, 0.1) is 26.6 Å². The summed E-state index contributed by atoms with van der Waals surface area (Å²) in [6.07, 6.45) is 7.26. The molecule has 0 saturated carbocycles. The van der Waals surface area contributed by atoms with Gasteiger partial charge in [0, 0.05) is 45.3 Å². The highest BCUT2D eigenvalue weighted by Crippen LogP contribution is 2.23. The van der Waals surface area contributed by atoms with Gasteiger partial charge in [-0.25, -0.2) is 0 Å². The fourth-order valence-corrected chi connectivity index (χ4v) is 2.90. The number of aromatic amines is 2. The average Bonchev–Trinajstić information content (AvgIpc) is 3.28. The molecule has 2 heterocycles. The third kappa shape index (κ3) is 2.93. The van der Waals surface area contributed by atoms with E-state index in [0.717, 1.165) is 44.4 Å². The number of hydrogen-bond acceptors (Lipinski definition) is 4. The number of rotatable bonds is 5. The molecule has 0 aliphatic heterocycles. The molecule has 6 nitrogen and oxygen atoms in total. The Labute approximate surface area is 150 Å². The van der Waals surface area contributed by atoms with Crippen molar-refractivity contribution in [2.45, 2.75) is 0 Å². The number of aromatic nitrogens is 2. The minimum Gasteiger partial charge on any atom is -0.497 e. The van der Waals surface area contributed by atoms with Crippen LogP contribution in [0, 0.1) is 0 Å². The number of nitrogens with zero attached hydrogens (tertiary/aromatic N) is 2. The number of ether oxygens (including phenoxy) is 2. The maximum Gasteiger partial charge on any atom is 0.119 e. The number of methoxy groups -OCH3 is 2. The summed E-state index contributed by atoms with van der Waals surface area (Å²) in [5, 5.41) is 10.4. The first-order valence-electron chi connectivity index (χ1n) is 8.15. The average molecular weight is 346 g/mol. The molecule has 0 spiro atoms. The van der Waals surface area contributed by atoms with Crippen LogP contribution in [0.25, 0.3) is 21.8 Å². The SMILES string of the molecule is COc1ccc2[nH]cc(/C=N/N=C/c3c[nH]c4ccc(OC)cc34)c2c1. The van der Waals surface area contributed by atoms with E-state index in [1.165, 1.54) is 0 Å². The molecular weight excluding hydrogens is 328 g/mol. The van der Waals surface area contributed by atoms with Gasteiger partial charge in [0.25, 0.3) is 0 Å². The summed E-state index contributed by atoms with van der Waals surface area (Å²) in [4.78, 5) is 6.43. The summed E-state index contributed by atoms with van der Waals surface area (Å²) < 4.78 is 10.6. The van der Waals surface area contributed by atoms with Gasteiger partial charge in [-0.05, 0) is 36.4 Å². The molecule has 0 radical (unpaired) electrons.